The number of hydrogen-bond donors (Lipinski definition) is 1. The molecule has 2 rings (SSSR count). The molecule has 8 heteroatoms. The van der Waals surface area contributed by atoms with Crippen molar-refractivity contribution < 1.29 is 9.85 Å². The second-order valence-corrected chi connectivity index (χ2v) is 4.62. The Morgan fingerprint density at radius 3 is 2.26 bits per heavy atom. The highest BCUT2D eigenvalue weighted by molar-refractivity contribution is 5.97. The van der Waals surface area contributed by atoms with Gasteiger partial charge in [0.2, 0.25) is 0 Å². The molecule has 0 amide bonds. The topological polar surface area (TPSA) is 111 Å². The van der Waals surface area contributed by atoms with Crippen LogP contribution in [0.3, 0.4) is 0 Å². The van der Waals surface area contributed by atoms with Crippen molar-refractivity contribution in [3.05, 3.63) is 68.8 Å². The Morgan fingerprint density at radius 1 is 1.04 bits per heavy atom. The highest BCUT2D eigenvalue weighted by atomic mass is 16.6. The van der Waals surface area contributed by atoms with E-state index in [0.29, 0.717) is 23.6 Å². The quantitative estimate of drug-likeness (QED) is 0.387. The molecule has 0 heterocycles. The van der Waals surface area contributed by atoms with Gasteiger partial charge in [0.15, 0.2) is 0 Å². The molecule has 0 saturated carbocycles. The maximum absolute atomic E-state index is 10.8. The van der Waals surface area contributed by atoms with Gasteiger partial charge in [-0.15, -0.1) is 0 Å². The van der Waals surface area contributed by atoms with Crippen molar-refractivity contribution in [2.45, 2.75) is 13.3 Å². The van der Waals surface area contributed by atoms with Gasteiger partial charge in [-0.1, -0.05) is 19.1 Å². The molecule has 0 spiro atoms. The third kappa shape index (κ3) is 4.34. The molecule has 8 nitrogen and oxygen atoms in total. The van der Waals surface area contributed by atoms with Gasteiger partial charge in [0.25, 0.3) is 11.4 Å². The van der Waals surface area contributed by atoms with Crippen LogP contribution < -0.4 is 5.32 Å². The van der Waals surface area contributed by atoms with Crippen LogP contribution in [0.4, 0.5) is 22.7 Å². The van der Waals surface area contributed by atoms with E-state index in [1.54, 1.807) is 24.3 Å². The SMILES string of the molecule is CCC(=Nc1cccc([N+](=O)[O-])c1)Nc1cccc([N+](=O)[O-])c1. The fourth-order valence-corrected chi connectivity index (χ4v) is 1.89. The Kier molecular flexibility index (Phi) is 4.98. The molecule has 1 N–H and O–H groups in total. The van der Waals surface area contributed by atoms with Crippen LogP contribution in [0.5, 0.6) is 0 Å². The summed E-state index contributed by atoms with van der Waals surface area (Å²) in [5, 5.41) is 24.6. The van der Waals surface area contributed by atoms with Gasteiger partial charge in [0.1, 0.15) is 5.84 Å². The standard InChI is InChI=1S/C15H14N4O4/c1-2-15(16-11-5-3-7-13(9-11)18(20)21)17-12-6-4-8-14(10-12)19(22)23/h3-10H,2H2,1H3,(H,16,17). The normalized spacial score (nSPS) is 11.1. The average Bonchev–Trinajstić information content (AvgIpc) is 2.54. The number of rotatable bonds is 5. The lowest BCUT2D eigenvalue weighted by molar-refractivity contribution is -0.385. The minimum absolute atomic E-state index is 0.0270. The minimum atomic E-state index is -0.487. The van der Waals surface area contributed by atoms with Crippen molar-refractivity contribution in [1.82, 2.24) is 0 Å². The molecule has 0 aliphatic rings. The summed E-state index contributed by atoms with van der Waals surface area (Å²) >= 11 is 0. The minimum Gasteiger partial charge on any atom is -0.344 e. The van der Waals surface area contributed by atoms with Crippen LogP contribution in [0.15, 0.2) is 53.5 Å². The third-order valence-electron chi connectivity index (χ3n) is 2.99. The Labute approximate surface area is 131 Å². The molecule has 0 aliphatic heterocycles. The fourth-order valence-electron chi connectivity index (χ4n) is 1.89. The molecule has 0 atom stereocenters. The lowest BCUT2D eigenvalue weighted by atomic mass is 10.2. The van der Waals surface area contributed by atoms with E-state index >= 15 is 0 Å². The van der Waals surface area contributed by atoms with Crippen molar-refractivity contribution >= 4 is 28.6 Å². The molecule has 0 aromatic heterocycles. The maximum atomic E-state index is 10.8. The predicted molar refractivity (Wildman–Crippen MR) is 87.2 cm³/mol. The summed E-state index contributed by atoms with van der Waals surface area (Å²) in [6.45, 7) is 1.86. The number of benzene rings is 2. The molecule has 23 heavy (non-hydrogen) atoms. The first-order valence-corrected chi connectivity index (χ1v) is 6.83. The van der Waals surface area contributed by atoms with E-state index in [1.165, 1.54) is 24.3 Å². The van der Waals surface area contributed by atoms with Crippen molar-refractivity contribution in [3.8, 4) is 0 Å². The van der Waals surface area contributed by atoms with Gasteiger partial charge in [0.05, 0.1) is 15.5 Å². The molecule has 0 unspecified atom stereocenters. The molecule has 0 bridgehead atoms. The van der Waals surface area contributed by atoms with Gasteiger partial charge in [-0.3, -0.25) is 20.2 Å². The van der Waals surface area contributed by atoms with Crippen LogP contribution in [0, 0.1) is 20.2 Å². The van der Waals surface area contributed by atoms with Crippen LogP contribution in [0.2, 0.25) is 0 Å². The molecular weight excluding hydrogens is 300 g/mol. The highest BCUT2D eigenvalue weighted by Crippen LogP contribution is 2.21. The maximum Gasteiger partial charge on any atom is 0.271 e. The number of non-ortho nitro benzene ring substituents is 2. The highest BCUT2D eigenvalue weighted by Gasteiger charge is 2.08. The lowest BCUT2D eigenvalue weighted by Crippen LogP contribution is -2.10. The number of amidine groups is 1. The number of aliphatic imine (C=N–C) groups is 1. The Bertz CT molecular complexity index is 774. The molecule has 2 aromatic carbocycles. The zero-order valence-corrected chi connectivity index (χ0v) is 12.3. The van der Waals surface area contributed by atoms with Crippen molar-refractivity contribution in [3.63, 3.8) is 0 Å². The molecule has 0 saturated heterocycles. The summed E-state index contributed by atoms with van der Waals surface area (Å²) in [7, 11) is 0. The predicted octanol–water partition coefficient (Wildman–Crippen LogP) is 4.06. The molecule has 2 aromatic rings. The lowest BCUT2D eigenvalue weighted by Gasteiger charge is -2.08. The number of nitrogens with zero attached hydrogens (tertiary/aromatic N) is 3. The van der Waals surface area contributed by atoms with Crippen LogP contribution in [0.25, 0.3) is 0 Å². The fraction of sp³-hybridized carbons (Fsp3) is 0.133. The third-order valence-corrected chi connectivity index (χ3v) is 2.99. The number of nitro benzene ring substituents is 2. The first-order chi connectivity index (χ1) is 11.0. The van der Waals surface area contributed by atoms with E-state index < -0.39 is 9.85 Å². The first kappa shape index (κ1) is 16.1. The summed E-state index contributed by atoms with van der Waals surface area (Å²) in [4.78, 5) is 24.9. The van der Waals surface area contributed by atoms with Crippen LogP contribution >= 0.6 is 0 Å². The summed E-state index contributed by atoms with van der Waals surface area (Å²) in [5.41, 5.74) is 0.900. The monoisotopic (exact) mass is 314 g/mol. The summed E-state index contributed by atoms with van der Waals surface area (Å²) in [5.74, 6) is 0.547. The van der Waals surface area contributed by atoms with Gasteiger partial charge in [-0.2, -0.15) is 0 Å². The Morgan fingerprint density at radius 2 is 1.65 bits per heavy atom. The second kappa shape index (κ2) is 7.12. The number of nitrogens with one attached hydrogen (secondary N) is 1. The Balaban J connectivity index is 2.26. The van der Waals surface area contributed by atoms with Crippen molar-refractivity contribution in [1.29, 1.82) is 0 Å². The van der Waals surface area contributed by atoms with Gasteiger partial charge in [-0.05, 0) is 12.1 Å². The Hall–Kier alpha value is -3.29. The second-order valence-electron chi connectivity index (χ2n) is 4.62. The zero-order valence-electron chi connectivity index (χ0n) is 12.3. The molecule has 118 valence electrons. The van der Waals surface area contributed by atoms with Crippen LogP contribution in [-0.2, 0) is 0 Å². The van der Waals surface area contributed by atoms with E-state index in [9.17, 15) is 20.2 Å². The van der Waals surface area contributed by atoms with Gasteiger partial charge in [0, 0.05) is 36.4 Å². The van der Waals surface area contributed by atoms with E-state index in [4.69, 9.17) is 0 Å². The smallest absolute Gasteiger partial charge is 0.271 e. The summed E-state index contributed by atoms with van der Waals surface area (Å²) in [6, 6.07) is 12.0. The number of hydrogen-bond acceptors (Lipinski definition) is 5. The first-order valence-electron chi connectivity index (χ1n) is 6.83. The van der Waals surface area contributed by atoms with Gasteiger partial charge in [-0.25, -0.2) is 4.99 Å². The largest absolute Gasteiger partial charge is 0.344 e. The number of anilines is 1. The van der Waals surface area contributed by atoms with Gasteiger partial charge >= 0.3 is 0 Å². The molecule has 0 radical (unpaired) electrons. The summed E-state index contributed by atoms with van der Waals surface area (Å²) in [6.07, 6.45) is 0.533. The average molecular weight is 314 g/mol. The van der Waals surface area contributed by atoms with Crippen molar-refractivity contribution in [2.24, 2.45) is 4.99 Å². The van der Waals surface area contributed by atoms with Gasteiger partial charge < -0.3 is 5.32 Å². The van der Waals surface area contributed by atoms with Crippen molar-refractivity contribution in [2.75, 3.05) is 5.32 Å². The van der Waals surface area contributed by atoms with Crippen LogP contribution in [0.1, 0.15) is 13.3 Å². The molecule has 0 aliphatic carbocycles. The molecule has 0 fully saturated rings. The summed E-state index contributed by atoms with van der Waals surface area (Å²) < 4.78 is 0. The number of nitro groups is 2. The van der Waals surface area contributed by atoms with E-state index in [0.717, 1.165) is 0 Å². The van der Waals surface area contributed by atoms with E-state index in [-0.39, 0.29) is 11.4 Å². The van der Waals surface area contributed by atoms with E-state index in [1.807, 2.05) is 6.92 Å². The van der Waals surface area contributed by atoms with E-state index in [2.05, 4.69) is 10.3 Å². The zero-order chi connectivity index (χ0) is 16.8. The van der Waals surface area contributed by atoms with Crippen LogP contribution in [-0.4, -0.2) is 15.7 Å². The molecular formula is C15H14N4O4.